The van der Waals surface area contributed by atoms with E-state index in [0.717, 1.165) is 23.7 Å². The monoisotopic (exact) mass is 316 g/mol. The van der Waals surface area contributed by atoms with E-state index in [4.69, 9.17) is 0 Å². The third kappa shape index (κ3) is 2.13. The zero-order valence-corrected chi connectivity index (χ0v) is 15.7. The highest BCUT2D eigenvalue weighted by atomic mass is 16.1. The first-order valence-electron chi connectivity index (χ1n) is 10.4. The van der Waals surface area contributed by atoms with Crippen LogP contribution in [-0.2, 0) is 4.79 Å². The first-order valence-corrected chi connectivity index (χ1v) is 10.4. The Morgan fingerprint density at radius 3 is 2.43 bits per heavy atom. The predicted octanol–water partition coefficient (Wildman–Crippen LogP) is 5.87. The van der Waals surface area contributed by atoms with E-state index in [1.165, 1.54) is 57.8 Å². The third-order valence-corrected chi connectivity index (χ3v) is 9.36. The largest absolute Gasteiger partial charge is 0.300 e. The van der Waals surface area contributed by atoms with Crippen LogP contribution in [0.15, 0.2) is 0 Å². The summed E-state index contributed by atoms with van der Waals surface area (Å²) in [6, 6.07) is 0. The topological polar surface area (TPSA) is 17.1 Å². The van der Waals surface area contributed by atoms with Crippen molar-refractivity contribution in [2.24, 2.45) is 46.3 Å². The molecule has 1 nitrogen and oxygen atoms in total. The minimum absolute atomic E-state index is 0.310. The Balaban J connectivity index is 1.66. The highest BCUT2D eigenvalue weighted by Gasteiger charge is 2.61. The number of carbonyl (C=O) groups excluding carboxylic acids is 1. The van der Waals surface area contributed by atoms with E-state index in [0.29, 0.717) is 28.4 Å². The molecule has 4 aliphatic rings. The van der Waals surface area contributed by atoms with E-state index < -0.39 is 0 Å². The Hall–Kier alpha value is -0.330. The van der Waals surface area contributed by atoms with Crippen LogP contribution in [0.25, 0.3) is 0 Å². The summed E-state index contributed by atoms with van der Waals surface area (Å²) in [6.45, 7) is 9.36. The van der Waals surface area contributed by atoms with Crippen LogP contribution in [-0.4, -0.2) is 5.78 Å². The summed E-state index contributed by atoms with van der Waals surface area (Å²) < 4.78 is 0. The second kappa shape index (κ2) is 5.33. The number of carbonyl (C=O) groups is 1. The molecule has 4 aliphatic carbocycles. The van der Waals surface area contributed by atoms with Crippen LogP contribution in [0.2, 0.25) is 0 Å². The van der Waals surface area contributed by atoms with Crippen molar-refractivity contribution in [3.8, 4) is 0 Å². The van der Waals surface area contributed by atoms with Crippen LogP contribution in [0.4, 0.5) is 0 Å². The zero-order valence-electron chi connectivity index (χ0n) is 15.7. The Morgan fingerprint density at radius 1 is 0.913 bits per heavy atom. The Morgan fingerprint density at radius 2 is 1.70 bits per heavy atom. The normalized spacial score (nSPS) is 55.7. The van der Waals surface area contributed by atoms with Gasteiger partial charge in [0.2, 0.25) is 0 Å². The number of fused-ring (bicyclic) bond motifs is 5. The molecule has 4 rings (SSSR count). The molecule has 0 unspecified atom stereocenters. The molecule has 0 heterocycles. The first kappa shape index (κ1) is 16.2. The summed E-state index contributed by atoms with van der Waals surface area (Å²) in [5, 5.41) is 0. The minimum atomic E-state index is 0.310. The van der Waals surface area contributed by atoms with Crippen molar-refractivity contribution in [2.45, 2.75) is 85.5 Å². The van der Waals surface area contributed by atoms with E-state index in [2.05, 4.69) is 20.8 Å². The number of rotatable bonds is 1. The standard InChI is InChI=1S/C22H36O/c1-14-13-19-17-9-8-16-7-5-6-11-21(16,3)18(17)10-12-22(19,4)20(14)15(2)23/h14,16-20H,5-13H2,1-4H3/t14-,16-,17-,18+,19-,20+,21+,22-/m1/s1. The van der Waals surface area contributed by atoms with Crippen LogP contribution in [0.1, 0.15) is 85.5 Å². The molecule has 4 saturated carbocycles. The molecule has 0 spiro atoms. The molecule has 0 aromatic heterocycles. The quantitative estimate of drug-likeness (QED) is 0.591. The zero-order chi connectivity index (χ0) is 16.4. The van der Waals surface area contributed by atoms with E-state index in [-0.39, 0.29) is 0 Å². The summed E-state index contributed by atoms with van der Waals surface area (Å²) in [7, 11) is 0. The summed E-state index contributed by atoms with van der Waals surface area (Å²) in [6.07, 6.45) is 12.9. The fourth-order valence-corrected chi connectivity index (χ4v) is 8.52. The maximum atomic E-state index is 12.4. The summed E-state index contributed by atoms with van der Waals surface area (Å²) in [5.41, 5.74) is 0.935. The van der Waals surface area contributed by atoms with Crippen molar-refractivity contribution in [2.75, 3.05) is 0 Å². The van der Waals surface area contributed by atoms with Crippen molar-refractivity contribution in [1.82, 2.24) is 0 Å². The predicted molar refractivity (Wildman–Crippen MR) is 95.1 cm³/mol. The molecule has 0 bridgehead atoms. The van der Waals surface area contributed by atoms with E-state index in [1.807, 2.05) is 6.92 Å². The van der Waals surface area contributed by atoms with Gasteiger partial charge in [0.15, 0.2) is 0 Å². The van der Waals surface area contributed by atoms with Crippen molar-refractivity contribution in [1.29, 1.82) is 0 Å². The molecule has 8 atom stereocenters. The fraction of sp³-hybridized carbons (Fsp3) is 0.955. The van der Waals surface area contributed by atoms with Gasteiger partial charge in [-0.25, -0.2) is 0 Å². The summed E-state index contributed by atoms with van der Waals surface area (Å²) >= 11 is 0. The second-order valence-corrected chi connectivity index (χ2v) is 10.2. The minimum Gasteiger partial charge on any atom is -0.300 e. The molecule has 0 aliphatic heterocycles. The first-order chi connectivity index (χ1) is 10.9. The lowest BCUT2D eigenvalue weighted by Gasteiger charge is -2.60. The van der Waals surface area contributed by atoms with Crippen LogP contribution in [0.5, 0.6) is 0 Å². The van der Waals surface area contributed by atoms with E-state index in [9.17, 15) is 4.79 Å². The van der Waals surface area contributed by atoms with Gasteiger partial charge in [-0.2, -0.15) is 0 Å². The molecule has 0 N–H and O–H groups in total. The lowest BCUT2D eigenvalue weighted by Crippen LogP contribution is -2.53. The number of ketones is 1. The van der Waals surface area contributed by atoms with Gasteiger partial charge >= 0.3 is 0 Å². The Kier molecular flexibility index (Phi) is 3.75. The van der Waals surface area contributed by atoms with Crippen LogP contribution in [0.3, 0.4) is 0 Å². The van der Waals surface area contributed by atoms with E-state index in [1.54, 1.807) is 0 Å². The van der Waals surface area contributed by atoms with Crippen molar-refractivity contribution >= 4 is 5.78 Å². The average molecular weight is 317 g/mol. The maximum absolute atomic E-state index is 12.4. The number of Topliss-reactive ketones (excluding diaryl/α,β-unsaturated/α-hetero) is 1. The second-order valence-electron chi connectivity index (χ2n) is 10.2. The smallest absolute Gasteiger partial charge is 0.133 e. The number of hydrogen-bond donors (Lipinski definition) is 0. The van der Waals surface area contributed by atoms with Gasteiger partial charge in [-0.1, -0.05) is 33.6 Å². The van der Waals surface area contributed by atoms with Crippen molar-refractivity contribution in [3.05, 3.63) is 0 Å². The Labute approximate surface area is 143 Å². The van der Waals surface area contributed by atoms with Gasteiger partial charge in [-0.05, 0) is 92.3 Å². The van der Waals surface area contributed by atoms with Gasteiger partial charge in [0.1, 0.15) is 5.78 Å². The Bertz CT molecular complexity index is 496. The molecule has 130 valence electrons. The summed E-state index contributed by atoms with van der Waals surface area (Å²) in [5.74, 6) is 5.12. The van der Waals surface area contributed by atoms with E-state index >= 15 is 0 Å². The molecule has 1 heteroatoms. The molecule has 0 saturated heterocycles. The molecule has 0 aromatic rings. The molecule has 0 amide bonds. The molecular formula is C22H36O. The fourth-order valence-electron chi connectivity index (χ4n) is 8.52. The van der Waals surface area contributed by atoms with Crippen LogP contribution in [0, 0.1) is 46.3 Å². The number of hydrogen-bond acceptors (Lipinski definition) is 1. The highest BCUT2D eigenvalue weighted by Crippen LogP contribution is 2.68. The summed E-state index contributed by atoms with van der Waals surface area (Å²) in [4.78, 5) is 12.4. The van der Waals surface area contributed by atoms with Gasteiger partial charge in [0.25, 0.3) is 0 Å². The molecule has 4 fully saturated rings. The molecule has 0 radical (unpaired) electrons. The van der Waals surface area contributed by atoms with Crippen molar-refractivity contribution < 1.29 is 4.79 Å². The third-order valence-electron chi connectivity index (χ3n) is 9.36. The molecule has 0 aromatic carbocycles. The van der Waals surface area contributed by atoms with Gasteiger partial charge in [0.05, 0.1) is 0 Å². The van der Waals surface area contributed by atoms with Gasteiger partial charge in [-0.3, -0.25) is 4.79 Å². The van der Waals surface area contributed by atoms with Crippen LogP contribution >= 0.6 is 0 Å². The lowest BCUT2D eigenvalue weighted by atomic mass is 9.45. The molecule has 23 heavy (non-hydrogen) atoms. The van der Waals surface area contributed by atoms with Gasteiger partial charge in [-0.15, -0.1) is 0 Å². The lowest BCUT2D eigenvalue weighted by molar-refractivity contribution is -0.134. The maximum Gasteiger partial charge on any atom is 0.133 e. The SMILES string of the molecule is CC(=O)[C@@H]1[C@H](C)C[C@@H]2[C@@H]3CC[C@H]4CCCC[C@]4(C)[C@H]3CC[C@]21C. The van der Waals surface area contributed by atoms with Gasteiger partial charge < -0.3 is 0 Å². The van der Waals surface area contributed by atoms with Gasteiger partial charge in [0, 0.05) is 5.92 Å². The highest BCUT2D eigenvalue weighted by molar-refractivity contribution is 5.80. The average Bonchev–Trinajstić information content (AvgIpc) is 2.77. The van der Waals surface area contributed by atoms with Crippen LogP contribution < -0.4 is 0 Å². The van der Waals surface area contributed by atoms with Crippen molar-refractivity contribution in [3.63, 3.8) is 0 Å². The molecular weight excluding hydrogens is 280 g/mol.